The molecule has 0 heterocycles. The summed E-state index contributed by atoms with van der Waals surface area (Å²) in [6, 6.07) is 7.98. The van der Waals surface area contributed by atoms with Crippen LogP contribution >= 0.6 is 0 Å². The van der Waals surface area contributed by atoms with Crippen molar-refractivity contribution < 1.29 is 14.6 Å². The van der Waals surface area contributed by atoms with Crippen LogP contribution in [0.25, 0.3) is 0 Å². The Bertz CT molecular complexity index is 357. The third-order valence-corrected chi connectivity index (χ3v) is 2.87. The van der Waals surface area contributed by atoms with Crippen LogP contribution in [0.4, 0.5) is 0 Å². The molecule has 4 heteroatoms. The van der Waals surface area contributed by atoms with Crippen LogP contribution in [0.2, 0.25) is 0 Å². The number of aryl methyl sites for hydroxylation is 1. The minimum atomic E-state index is -0.453. The predicted molar refractivity (Wildman–Crippen MR) is 81.3 cm³/mol. The molecule has 0 radical (unpaired) electrons. The van der Waals surface area contributed by atoms with Gasteiger partial charge in [-0.05, 0) is 31.0 Å². The molecule has 0 aliphatic rings. The second-order valence-corrected chi connectivity index (χ2v) is 4.95. The van der Waals surface area contributed by atoms with Crippen LogP contribution in [-0.4, -0.2) is 44.1 Å². The molecule has 1 unspecified atom stereocenters. The molecule has 0 aromatic heterocycles. The number of aliphatic hydroxyl groups is 1. The zero-order valence-electron chi connectivity index (χ0n) is 12.6. The Labute approximate surface area is 122 Å². The molecule has 4 nitrogen and oxygen atoms in total. The fourth-order valence-corrected chi connectivity index (χ4v) is 1.74. The molecule has 0 saturated carbocycles. The lowest BCUT2D eigenvalue weighted by Gasteiger charge is -2.12. The summed E-state index contributed by atoms with van der Waals surface area (Å²) in [5.74, 6) is 0.884. The van der Waals surface area contributed by atoms with E-state index >= 15 is 0 Å². The molecule has 0 aliphatic carbocycles. The molecule has 0 saturated heterocycles. The van der Waals surface area contributed by atoms with Gasteiger partial charge in [-0.1, -0.05) is 25.5 Å². The van der Waals surface area contributed by atoms with Crippen LogP contribution in [0, 0.1) is 6.92 Å². The van der Waals surface area contributed by atoms with Crippen LogP contribution in [-0.2, 0) is 4.74 Å². The second-order valence-electron chi connectivity index (χ2n) is 4.95. The number of hydrogen-bond acceptors (Lipinski definition) is 4. The molecular formula is C16H27NO3. The lowest BCUT2D eigenvalue weighted by molar-refractivity contribution is 0.0356. The average molecular weight is 281 g/mol. The van der Waals surface area contributed by atoms with Crippen molar-refractivity contribution in [3.63, 3.8) is 0 Å². The Balaban J connectivity index is 1.98. The standard InChI is InChI=1S/C16H27NO3/c1-3-4-9-19-13-15(18)12-17-8-10-20-16-7-5-6-14(2)11-16/h5-7,11,15,17-18H,3-4,8-10,12-13H2,1-2H3. The monoisotopic (exact) mass is 281 g/mol. The molecule has 1 rings (SSSR count). The van der Waals surface area contributed by atoms with E-state index < -0.39 is 6.10 Å². The summed E-state index contributed by atoms with van der Waals surface area (Å²) in [6.07, 6.45) is 1.71. The van der Waals surface area contributed by atoms with Crippen LogP contribution in [0.5, 0.6) is 5.75 Å². The van der Waals surface area contributed by atoms with Crippen LogP contribution in [0.15, 0.2) is 24.3 Å². The number of aliphatic hydroxyl groups excluding tert-OH is 1. The lowest BCUT2D eigenvalue weighted by Crippen LogP contribution is -2.33. The predicted octanol–water partition coefficient (Wildman–Crippen LogP) is 2.14. The minimum absolute atomic E-state index is 0.395. The maximum absolute atomic E-state index is 9.67. The van der Waals surface area contributed by atoms with E-state index in [1.54, 1.807) is 0 Å². The van der Waals surface area contributed by atoms with E-state index in [9.17, 15) is 5.11 Å². The molecule has 1 atom stereocenters. The van der Waals surface area contributed by atoms with E-state index in [0.29, 0.717) is 26.3 Å². The summed E-state index contributed by atoms with van der Waals surface area (Å²) in [5, 5.41) is 12.8. The lowest BCUT2D eigenvalue weighted by atomic mass is 10.2. The van der Waals surface area contributed by atoms with Gasteiger partial charge in [-0.25, -0.2) is 0 Å². The van der Waals surface area contributed by atoms with Gasteiger partial charge >= 0.3 is 0 Å². The van der Waals surface area contributed by atoms with Gasteiger partial charge in [0.2, 0.25) is 0 Å². The largest absolute Gasteiger partial charge is 0.492 e. The SMILES string of the molecule is CCCCOCC(O)CNCCOc1cccc(C)c1. The van der Waals surface area contributed by atoms with Gasteiger partial charge in [0.05, 0.1) is 12.7 Å². The summed E-state index contributed by atoms with van der Waals surface area (Å²) in [5.41, 5.74) is 1.19. The molecule has 20 heavy (non-hydrogen) atoms. The maximum Gasteiger partial charge on any atom is 0.119 e. The fourth-order valence-electron chi connectivity index (χ4n) is 1.74. The van der Waals surface area contributed by atoms with Crippen molar-refractivity contribution in [1.82, 2.24) is 5.32 Å². The van der Waals surface area contributed by atoms with Crippen LogP contribution in [0.1, 0.15) is 25.3 Å². The molecule has 2 N–H and O–H groups in total. The van der Waals surface area contributed by atoms with Crippen molar-refractivity contribution in [2.24, 2.45) is 0 Å². The first-order chi connectivity index (χ1) is 9.72. The molecule has 1 aromatic rings. The van der Waals surface area contributed by atoms with E-state index in [0.717, 1.165) is 25.2 Å². The van der Waals surface area contributed by atoms with Gasteiger partial charge in [0, 0.05) is 19.7 Å². The van der Waals surface area contributed by atoms with Crippen LogP contribution in [0.3, 0.4) is 0 Å². The van der Waals surface area contributed by atoms with Crippen molar-refractivity contribution >= 4 is 0 Å². The smallest absolute Gasteiger partial charge is 0.119 e. The van der Waals surface area contributed by atoms with Crippen molar-refractivity contribution in [2.75, 3.05) is 32.9 Å². The van der Waals surface area contributed by atoms with E-state index in [-0.39, 0.29) is 0 Å². The zero-order chi connectivity index (χ0) is 14.6. The van der Waals surface area contributed by atoms with Crippen molar-refractivity contribution in [3.05, 3.63) is 29.8 Å². The van der Waals surface area contributed by atoms with E-state index in [2.05, 4.69) is 12.2 Å². The third-order valence-electron chi connectivity index (χ3n) is 2.87. The Morgan fingerprint density at radius 2 is 2.15 bits per heavy atom. The Morgan fingerprint density at radius 3 is 2.90 bits per heavy atom. The molecule has 0 bridgehead atoms. The highest BCUT2D eigenvalue weighted by atomic mass is 16.5. The normalized spacial score (nSPS) is 12.3. The number of rotatable bonds is 11. The van der Waals surface area contributed by atoms with Crippen molar-refractivity contribution in [1.29, 1.82) is 0 Å². The number of ether oxygens (including phenoxy) is 2. The molecule has 0 spiro atoms. The van der Waals surface area contributed by atoms with Gasteiger partial charge in [-0.15, -0.1) is 0 Å². The fraction of sp³-hybridized carbons (Fsp3) is 0.625. The number of benzene rings is 1. The van der Waals surface area contributed by atoms with E-state index in [1.165, 1.54) is 5.56 Å². The molecule has 1 aromatic carbocycles. The minimum Gasteiger partial charge on any atom is -0.492 e. The van der Waals surface area contributed by atoms with Gasteiger partial charge in [-0.2, -0.15) is 0 Å². The first-order valence-corrected chi connectivity index (χ1v) is 7.38. The quantitative estimate of drug-likeness (QED) is 0.610. The van der Waals surface area contributed by atoms with E-state index in [1.807, 2.05) is 31.2 Å². The van der Waals surface area contributed by atoms with Gasteiger partial charge in [0.25, 0.3) is 0 Å². The molecule has 0 amide bonds. The van der Waals surface area contributed by atoms with Gasteiger partial charge < -0.3 is 19.9 Å². The highest BCUT2D eigenvalue weighted by molar-refractivity contribution is 5.27. The van der Waals surface area contributed by atoms with Crippen molar-refractivity contribution in [3.8, 4) is 5.75 Å². The first-order valence-electron chi connectivity index (χ1n) is 7.38. The average Bonchev–Trinajstić information content (AvgIpc) is 2.43. The second kappa shape index (κ2) is 10.7. The zero-order valence-corrected chi connectivity index (χ0v) is 12.6. The van der Waals surface area contributed by atoms with E-state index in [4.69, 9.17) is 9.47 Å². The summed E-state index contributed by atoms with van der Waals surface area (Å²) in [7, 11) is 0. The summed E-state index contributed by atoms with van der Waals surface area (Å²) >= 11 is 0. The highest BCUT2D eigenvalue weighted by Gasteiger charge is 2.03. The Kier molecular flexibility index (Phi) is 9.04. The number of unbranched alkanes of at least 4 members (excludes halogenated alkanes) is 1. The Morgan fingerprint density at radius 1 is 1.30 bits per heavy atom. The highest BCUT2D eigenvalue weighted by Crippen LogP contribution is 2.11. The summed E-state index contributed by atoms with van der Waals surface area (Å²) < 4.78 is 11.0. The molecule has 114 valence electrons. The Hall–Kier alpha value is -1.10. The first kappa shape index (κ1) is 17.0. The maximum atomic E-state index is 9.67. The molecular weight excluding hydrogens is 254 g/mol. The van der Waals surface area contributed by atoms with Gasteiger partial charge in [-0.3, -0.25) is 0 Å². The number of hydrogen-bond donors (Lipinski definition) is 2. The summed E-state index contributed by atoms with van der Waals surface area (Å²) in [6.45, 7) is 7.11. The number of nitrogens with one attached hydrogen (secondary N) is 1. The molecule has 0 aliphatic heterocycles. The van der Waals surface area contributed by atoms with Crippen LogP contribution < -0.4 is 10.1 Å². The van der Waals surface area contributed by atoms with Gasteiger partial charge in [0.15, 0.2) is 0 Å². The van der Waals surface area contributed by atoms with Gasteiger partial charge in [0.1, 0.15) is 12.4 Å². The van der Waals surface area contributed by atoms with Crippen molar-refractivity contribution in [2.45, 2.75) is 32.8 Å². The topological polar surface area (TPSA) is 50.7 Å². The molecule has 0 fully saturated rings. The third kappa shape index (κ3) is 8.15. The summed E-state index contributed by atoms with van der Waals surface area (Å²) in [4.78, 5) is 0.